The monoisotopic (exact) mass is 414 g/mol. The van der Waals surface area contributed by atoms with Crippen LogP contribution < -0.4 is 20.4 Å². The highest BCUT2D eigenvalue weighted by Gasteiger charge is 2.18. The van der Waals surface area contributed by atoms with Crippen LogP contribution >= 0.6 is 0 Å². The SMILES string of the molecule is CCOCCNC(=NC)NCc1ccnc(N2CCN(c3ccc(F)cc3)CC2)c1. The standard InChI is InChI=1S/C22H31FN6O/c1-3-30-15-10-26-22(24-2)27-17-18-8-9-25-21(16-18)29-13-11-28(12-14-29)20-6-4-19(23)5-7-20/h4-9,16H,3,10-15,17H2,1-2H3,(H2,24,26,27). The molecule has 0 radical (unpaired) electrons. The van der Waals surface area contributed by atoms with Crippen LogP contribution in [0.2, 0.25) is 0 Å². The van der Waals surface area contributed by atoms with Crippen molar-refractivity contribution in [1.29, 1.82) is 0 Å². The molecule has 1 aromatic carbocycles. The fourth-order valence-corrected chi connectivity index (χ4v) is 3.38. The number of halogens is 1. The van der Waals surface area contributed by atoms with Gasteiger partial charge in [0.15, 0.2) is 5.96 Å². The van der Waals surface area contributed by atoms with Gasteiger partial charge < -0.3 is 25.2 Å². The summed E-state index contributed by atoms with van der Waals surface area (Å²) in [4.78, 5) is 13.4. The number of nitrogens with one attached hydrogen (secondary N) is 2. The van der Waals surface area contributed by atoms with E-state index in [0.29, 0.717) is 26.3 Å². The molecule has 2 heterocycles. The maximum absolute atomic E-state index is 13.1. The summed E-state index contributed by atoms with van der Waals surface area (Å²) in [6.45, 7) is 8.25. The van der Waals surface area contributed by atoms with E-state index in [9.17, 15) is 4.39 Å². The highest BCUT2D eigenvalue weighted by Crippen LogP contribution is 2.20. The maximum atomic E-state index is 13.1. The van der Waals surface area contributed by atoms with Crippen LogP contribution in [0.15, 0.2) is 47.6 Å². The fraction of sp³-hybridized carbons (Fsp3) is 0.455. The second kappa shape index (κ2) is 11.3. The molecule has 1 aromatic heterocycles. The Bertz CT molecular complexity index is 806. The Kier molecular flexibility index (Phi) is 8.26. The lowest BCUT2D eigenvalue weighted by Crippen LogP contribution is -2.46. The average molecular weight is 415 g/mol. The molecular formula is C22H31FN6O. The molecule has 0 amide bonds. The molecule has 1 fully saturated rings. The Balaban J connectivity index is 1.50. The zero-order valence-electron chi connectivity index (χ0n) is 17.8. The van der Waals surface area contributed by atoms with Crippen molar-refractivity contribution in [1.82, 2.24) is 15.6 Å². The van der Waals surface area contributed by atoms with E-state index in [1.807, 2.05) is 31.3 Å². The van der Waals surface area contributed by atoms with Gasteiger partial charge in [0.05, 0.1) is 6.61 Å². The molecule has 2 aromatic rings. The van der Waals surface area contributed by atoms with Crippen molar-refractivity contribution in [2.24, 2.45) is 4.99 Å². The van der Waals surface area contributed by atoms with Gasteiger partial charge in [-0.1, -0.05) is 0 Å². The van der Waals surface area contributed by atoms with Gasteiger partial charge in [-0.2, -0.15) is 0 Å². The van der Waals surface area contributed by atoms with Crippen LogP contribution in [0.5, 0.6) is 0 Å². The third kappa shape index (κ3) is 6.32. The number of hydrogen-bond donors (Lipinski definition) is 2. The van der Waals surface area contributed by atoms with Crippen LogP contribution in [-0.4, -0.2) is 63.9 Å². The molecule has 0 unspecified atom stereocenters. The number of guanidine groups is 1. The highest BCUT2D eigenvalue weighted by atomic mass is 19.1. The van der Waals surface area contributed by atoms with Gasteiger partial charge in [0.2, 0.25) is 0 Å². The largest absolute Gasteiger partial charge is 0.380 e. The summed E-state index contributed by atoms with van der Waals surface area (Å²) in [6.07, 6.45) is 1.85. The van der Waals surface area contributed by atoms with E-state index in [-0.39, 0.29) is 5.82 Å². The summed E-state index contributed by atoms with van der Waals surface area (Å²) in [5.41, 5.74) is 2.21. The van der Waals surface area contributed by atoms with Gasteiger partial charge >= 0.3 is 0 Å². The predicted octanol–water partition coefficient (Wildman–Crippen LogP) is 2.25. The van der Waals surface area contributed by atoms with Gasteiger partial charge in [-0.3, -0.25) is 4.99 Å². The summed E-state index contributed by atoms with van der Waals surface area (Å²) in [5, 5.41) is 6.56. The van der Waals surface area contributed by atoms with Crippen LogP contribution in [0.3, 0.4) is 0 Å². The predicted molar refractivity (Wildman–Crippen MR) is 120 cm³/mol. The van der Waals surface area contributed by atoms with E-state index in [0.717, 1.165) is 49.2 Å². The smallest absolute Gasteiger partial charge is 0.191 e. The van der Waals surface area contributed by atoms with Crippen molar-refractivity contribution in [2.75, 3.05) is 62.8 Å². The Morgan fingerprint density at radius 3 is 2.53 bits per heavy atom. The summed E-state index contributed by atoms with van der Waals surface area (Å²) in [5.74, 6) is 1.53. The minimum absolute atomic E-state index is 0.201. The average Bonchev–Trinajstić information content (AvgIpc) is 2.79. The molecule has 0 bridgehead atoms. The number of pyridine rings is 1. The van der Waals surface area contributed by atoms with Crippen molar-refractivity contribution < 1.29 is 9.13 Å². The number of aromatic nitrogens is 1. The van der Waals surface area contributed by atoms with E-state index in [1.165, 1.54) is 12.1 Å². The van der Waals surface area contributed by atoms with Crippen LogP contribution in [0.25, 0.3) is 0 Å². The molecule has 1 aliphatic heterocycles. The Morgan fingerprint density at radius 2 is 1.83 bits per heavy atom. The van der Waals surface area contributed by atoms with Crippen LogP contribution in [0.1, 0.15) is 12.5 Å². The summed E-state index contributed by atoms with van der Waals surface area (Å²) in [7, 11) is 1.76. The number of benzene rings is 1. The lowest BCUT2D eigenvalue weighted by molar-refractivity contribution is 0.152. The van der Waals surface area contributed by atoms with Gasteiger partial charge in [-0.15, -0.1) is 0 Å². The number of hydrogen-bond acceptors (Lipinski definition) is 5. The number of piperazine rings is 1. The van der Waals surface area contributed by atoms with E-state index in [4.69, 9.17) is 4.74 Å². The summed E-state index contributed by atoms with van der Waals surface area (Å²) >= 11 is 0. The first-order valence-electron chi connectivity index (χ1n) is 10.4. The van der Waals surface area contributed by atoms with Crippen molar-refractivity contribution in [3.63, 3.8) is 0 Å². The van der Waals surface area contributed by atoms with E-state index in [2.05, 4.69) is 36.5 Å². The van der Waals surface area contributed by atoms with Gasteiger partial charge in [0.1, 0.15) is 11.6 Å². The van der Waals surface area contributed by atoms with Crippen molar-refractivity contribution in [3.05, 3.63) is 54.0 Å². The van der Waals surface area contributed by atoms with Gasteiger partial charge in [0, 0.05) is 64.8 Å². The molecule has 7 nitrogen and oxygen atoms in total. The molecule has 1 aliphatic rings. The second-order valence-corrected chi connectivity index (χ2v) is 7.02. The number of rotatable bonds is 8. The van der Waals surface area contributed by atoms with Crippen molar-refractivity contribution in [2.45, 2.75) is 13.5 Å². The Morgan fingerprint density at radius 1 is 1.10 bits per heavy atom. The molecule has 3 rings (SSSR count). The molecule has 0 atom stereocenters. The lowest BCUT2D eigenvalue weighted by atomic mass is 10.2. The normalized spacial score (nSPS) is 14.7. The number of anilines is 2. The molecule has 0 saturated carbocycles. The highest BCUT2D eigenvalue weighted by molar-refractivity contribution is 5.79. The quantitative estimate of drug-likeness (QED) is 0.392. The topological polar surface area (TPSA) is 65.0 Å². The molecule has 0 spiro atoms. The zero-order valence-corrected chi connectivity index (χ0v) is 17.8. The lowest BCUT2D eigenvalue weighted by Gasteiger charge is -2.36. The van der Waals surface area contributed by atoms with Gasteiger partial charge in [-0.05, 0) is 48.9 Å². The Labute approximate surface area is 178 Å². The third-order valence-corrected chi connectivity index (χ3v) is 5.03. The number of aliphatic imine (C=N–C) groups is 1. The van der Waals surface area contributed by atoms with Crippen molar-refractivity contribution >= 4 is 17.5 Å². The molecule has 30 heavy (non-hydrogen) atoms. The Hall–Kier alpha value is -2.87. The molecule has 1 saturated heterocycles. The van der Waals surface area contributed by atoms with Crippen LogP contribution in [0, 0.1) is 5.82 Å². The van der Waals surface area contributed by atoms with Crippen molar-refractivity contribution in [3.8, 4) is 0 Å². The fourth-order valence-electron chi connectivity index (χ4n) is 3.38. The zero-order chi connectivity index (χ0) is 21.2. The number of nitrogens with zero attached hydrogens (tertiary/aromatic N) is 4. The molecule has 162 valence electrons. The summed E-state index contributed by atoms with van der Waals surface area (Å²) in [6, 6.07) is 10.8. The van der Waals surface area contributed by atoms with E-state index in [1.54, 1.807) is 7.05 Å². The minimum atomic E-state index is -0.201. The summed E-state index contributed by atoms with van der Waals surface area (Å²) < 4.78 is 18.5. The molecule has 8 heteroatoms. The van der Waals surface area contributed by atoms with Gasteiger partial charge in [0.25, 0.3) is 0 Å². The third-order valence-electron chi connectivity index (χ3n) is 5.03. The van der Waals surface area contributed by atoms with E-state index < -0.39 is 0 Å². The molecule has 0 aliphatic carbocycles. The van der Waals surface area contributed by atoms with Crippen LogP contribution in [0.4, 0.5) is 15.9 Å². The van der Waals surface area contributed by atoms with Gasteiger partial charge in [-0.25, -0.2) is 9.37 Å². The first kappa shape index (κ1) is 21.8. The molecular weight excluding hydrogens is 383 g/mol. The molecule has 2 N–H and O–H groups in total. The minimum Gasteiger partial charge on any atom is -0.380 e. The number of ether oxygens (including phenoxy) is 1. The maximum Gasteiger partial charge on any atom is 0.191 e. The first-order chi connectivity index (χ1) is 14.7. The van der Waals surface area contributed by atoms with Crippen LogP contribution in [-0.2, 0) is 11.3 Å². The second-order valence-electron chi connectivity index (χ2n) is 7.02. The first-order valence-corrected chi connectivity index (χ1v) is 10.4. The van der Waals surface area contributed by atoms with E-state index >= 15 is 0 Å².